The molecule has 1 amide bonds. The van der Waals surface area contributed by atoms with E-state index in [-0.39, 0.29) is 22.5 Å². The highest BCUT2D eigenvalue weighted by atomic mass is 35.5. The molecule has 1 N–H and O–H groups in total. The highest BCUT2D eigenvalue weighted by Gasteiger charge is 2.22. The third-order valence-corrected chi connectivity index (χ3v) is 3.23. The summed E-state index contributed by atoms with van der Waals surface area (Å²) >= 11 is 5.87. The van der Waals surface area contributed by atoms with Crippen molar-refractivity contribution in [2.75, 3.05) is 20.1 Å². The molecule has 1 aromatic carbocycles. The van der Waals surface area contributed by atoms with Crippen molar-refractivity contribution < 1.29 is 9.18 Å². The van der Waals surface area contributed by atoms with E-state index in [1.807, 2.05) is 7.05 Å². The van der Waals surface area contributed by atoms with Gasteiger partial charge < -0.3 is 10.2 Å². The molecule has 17 heavy (non-hydrogen) atoms. The molecule has 0 bridgehead atoms. The van der Waals surface area contributed by atoms with Crippen molar-refractivity contribution in [2.45, 2.75) is 12.5 Å². The van der Waals surface area contributed by atoms with E-state index in [4.69, 9.17) is 11.6 Å². The van der Waals surface area contributed by atoms with E-state index in [1.165, 1.54) is 12.1 Å². The van der Waals surface area contributed by atoms with Crippen LogP contribution >= 0.6 is 11.6 Å². The molecular weight excluding hydrogens is 243 g/mol. The van der Waals surface area contributed by atoms with Crippen LogP contribution in [0, 0.1) is 5.82 Å². The van der Waals surface area contributed by atoms with Crippen LogP contribution < -0.4 is 5.32 Å². The average Bonchev–Trinajstić information content (AvgIpc) is 2.67. The summed E-state index contributed by atoms with van der Waals surface area (Å²) in [5.74, 6) is -0.766. The Labute approximate surface area is 105 Å². The second-order valence-electron chi connectivity index (χ2n) is 4.35. The number of carbonyl (C=O) groups excluding carboxylic acids is 1. The van der Waals surface area contributed by atoms with Crippen molar-refractivity contribution in [3.05, 3.63) is 34.6 Å². The van der Waals surface area contributed by atoms with Gasteiger partial charge in [0.15, 0.2) is 0 Å². The van der Waals surface area contributed by atoms with Crippen LogP contribution in [-0.4, -0.2) is 37.0 Å². The Balaban J connectivity index is 2.06. The van der Waals surface area contributed by atoms with E-state index in [0.717, 1.165) is 25.6 Å². The van der Waals surface area contributed by atoms with Crippen molar-refractivity contribution in [1.82, 2.24) is 10.2 Å². The van der Waals surface area contributed by atoms with Crippen LogP contribution in [0.4, 0.5) is 4.39 Å². The van der Waals surface area contributed by atoms with Crippen LogP contribution in [0.3, 0.4) is 0 Å². The molecule has 2 rings (SSSR count). The van der Waals surface area contributed by atoms with Gasteiger partial charge in [0.2, 0.25) is 0 Å². The standard InChI is InChI=1S/C12H14ClFN2O/c1-16-5-4-9(7-16)15-12(17)10-6-8(14)2-3-11(10)13/h2-3,6,9H,4-5,7H2,1H3,(H,15,17)/t9-/m1/s1. The average molecular weight is 257 g/mol. The highest BCUT2D eigenvalue weighted by molar-refractivity contribution is 6.33. The summed E-state index contributed by atoms with van der Waals surface area (Å²) in [5.41, 5.74) is 0.196. The number of halogens is 2. The van der Waals surface area contributed by atoms with Crippen LogP contribution in [0.15, 0.2) is 18.2 Å². The smallest absolute Gasteiger partial charge is 0.253 e. The fourth-order valence-electron chi connectivity index (χ4n) is 1.99. The maximum Gasteiger partial charge on any atom is 0.253 e. The normalized spacial score (nSPS) is 20.5. The fraction of sp³-hybridized carbons (Fsp3) is 0.417. The van der Waals surface area contributed by atoms with Gasteiger partial charge in [0.25, 0.3) is 5.91 Å². The molecule has 3 nitrogen and oxygen atoms in total. The van der Waals surface area contributed by atoms with Crippen LogP contribution in [0.2, 0.25) is 5.02 Å². The molecule has 1 aliphatic rings. The minimum absolute atomic E-state index is 0.117. The minimum atomic E-state index is -0.455. The molecule has 0 aliphatic carbocycles. The number of carbonyl (C=O) groups is 1. The van der Waals surface area contributed by atoms with Crippen molar-refractivity contribution in [1.29, 1.82) is 0 Å². The zero-order valence-corrected chi connectivity index (χ0v) is 10.3. The van der Waals surface area contributed by atoms with E-state index >= 15 is 0 Å². The van der Waals surface area contributed by atoms with Crippen LogP contribution in [0.25, 0.3) is 0 Å². The second kappa shape index (κ2) is 5.02. The molecule has 5 heteroatoms. The first-order valence-electron chi connectivity index (χ1n) is 5.50. The molecule has 0 spiro atoms. The number of nitrogens with one attached hydrogen (secondary N) is 1. The lowest BCUT2D eigenvalue weighted by atomic mass is 10.2. The third kappa shape index (κ3) is 2.96. The van der Waals surface area contributed by atoms with Crippen LogP contribution in [0.5, 0.6) is 0 Å². The first-order valence-corrected chi connectivity index (χ1v) is 5.88. The molecule has 1 aliphatic heterocycles. The molecule has 0 radical (unpaired) electrons. The highest BCUT2D eigenvalue weighted by Crippen LogP contribution is 2.17. The minimum Gasteiger partial charge on any atom is -0.348 e. The summed E-state index contributed by atoms with van der Waals surface area (Å²) in [7, 11) is 2.00. The fourth-order valence-corrected chi connectivity index (χ4v) is 2.19. The van der Waals surface area contributed by atoms with Gasteiger partial charge in [0.05, 0.1) is 10.6 Å². The number of hydrogen-bond acceptors (Lipinski definition) is 2. The second-order valence-corrected chi connectivity index (χ2v) is 4.75. The van der Waals surface area contributed by atoms with Crippen molar-refractivity contribution in [3.8, 4) is 0 Å². The number of rotatable bonds is 2. The van der Waals surface area contributed by atoms with Crippen LogP contribution in [-0.2, 0) is 0 Å². The van der Waals surface area contributed by atoms with Gasteiger partial charge in [-0.2, -0.15) is 0 Å². The summed E-state index contributed by atoms with van der Waals surface area (Å²) < 4.78 is 13.0. The van der Waals surface area contributed by atoms with E-state index in [2.05, 4.69) is 10.2 Å². The Morgan fingerprint density at radius 3 is 3.00 bits per heavy atom. The monoisotopic (exact) mass is 256 g/mol. The first kappa shape index (κ1) is 12.3. The summed E-state index contributed by atoms with van der Waals surface area (Å²) in [6.45, 7) is 1.78. The Bertz CT molecular complexity index is 439. The van der Waals surface area contributed by atoms with Crippen molar-refractivity contribution in [2.24, 2.45) is 0 Å². The molecule has 1 fully saturated rings. The lowest BCUT2D eigenvalue weighted by Crippen LogP contribution is -2.36. The predicted octanol–water partition coefficient (Wildman–Crippen LogP) is 1.91. The van der Waals surface area contributed by atoms with Crippen molar-refractivity contribution in [3.63, 3.8) is 0 Å². The van der Waals surface area contributed by atoms with E-state index in [0.29, 0.717) is 0 Å². The van der Waals surface area contributed by atoms with E-state index < -0.39 is 5.82 Å². The Morgan fingerprint density at radius 2 is 2.35 bits per heavy atom. The Hall–Kier alpha value is -1.13. The molecule has 0 saturated carbocycles. The van der Waals surface area contributed by atoms with Gasteiger partial charge in [-0.1, -0.05) is 11.6 Å². The molecule has 92 valence electrons. The number of benzene rings is 1. The topological polar surface area (TPSA) is 32.3 Å². The first-order chi connectivity index (χ1) is 8.06. The number of likely N-dealkylation sites (tertiary alicyclic amines) is 1. The summed E-state index contributed by atoms with van der Waals surface area (Å²) in [5, 5.41) is 3.14. The van der Waals surface area contributed by atoms with Gasteiger partial charge in [-0.3, -0.25) is 4.79 Å². The summed E-state index contributed by atoms with van der Waals surface area (Å²) in [6.07, 6.45) is 0.912. The quantitative estimate of drug-likeness (QED) is 0.877. The van der Waals surface area contributed by atoms with Gasteiger partial charge in [-0.25, -0.2) is 4.39 Å². The molecular formula is C12H14ClFN2O. The largest absolute Gasteiger partial charge is 0.348 e. The lowest BCUT2D eigenvalue weighted by Gasteiger charge is -2.13. The number of likely N-dealkylation sites (N-methyl/N-ethyl adjacent to an activating group) is 1. The SMILES string of the molecule is CN1CC[C@@H](NC(=O)c2cc(F)ccc2Cl)C1. The molecule has 1 atom stereocenters. The number of hydrogen-bond donors (Lipinski definition) is 1. The zero-order chi connectivity index (χ0) is 12.4. The summed E-state index contributed by atoms with van der Waals surface area (Å²) in [6, 6.07) is 3.91. The molecule has 1 aromatic rings. The Morgan fingerprint density at radius 1 is 1.59 bits per heavy atom. The summed E-state index contributed by atoms with van der Waals surface area (Å²) in [4.78, 5) is 14.0. The molecule has 0 unspecified atom stereocenters. The molecule has 1 saturated heterocycles. The Kier molecular flexibility index (Phi) is 3.64. The number of amides is 1. The molecule has 1 heterocycles. The van der Waals surface area contributed by atoms with Gasteiger partial charge in [-0.05, 0) is 38.2 Å². The zero-order valence-electron chi connectivity index (χ0n) is 9.54. The van der Waals surface area contributed by atoms with Crippen molar-refractivity contribution >= 4 is 17.5 Å². The maximum absolute atomic E-state index is 13.0. The lowest BCUT2D eigenvalue weighted by molar-refractivity contribution is 0.0938. The predicted molar refractivity (Wildman–Crippen MR) is 64.8 cm³/mol. The molecule has 0 aromatic heterocycles. The van der Waals surface area contributed by atoms with Gasteiger partial charge >= 0.3 is 0 Å². The maximum atomic E-state index is 13.0. The van der Waals surface area contributed by atoms with Gasteiger partial charge in [-0.15, -0.1) is 0 Å². The number of nitrogens with zero attached hydrogens (tertiary/aromatic N) is 1. The van der Waals surface area contributed by atoms with Gasteiger partial charge in [0.1, 0.15) is 5.82 Å². The van der Waals surface area contributed by atoms with E-state index in [1.54, 1.807) is 0 Å². The van der Waals surface area contributed by atoms with E-state index in [9.17, 15) is 9.18 Å². The third-order valence-electron chi connectivity index (χ3n) is 2.90. The van der Waals surface area contributed by atoms with Gasteiger partial charge in [0, 0.05) is 12.6 Å². The van der Waals surface area contributed by atoms with Crippen LogP contribution in [0.1, 0.15) is 16.8 Å².